The Morgan fingerprint density at radius 3 is 3.24 bits per heavy atom. The number of H-pyrrole nitrogens is 1. The van der Waals surface area contributed by atoms with Gasteiger partial charge in [0.1, 0.15) is 11.6 Å². The number of nitrogens with zero attached hydrogens (tertiary/aromatic N) is 2. The average Bonchev–Trinajstić information content (AvgIpc) is 3.11. The number of rotatable bonds is 5. The molecular formula is C14H16N4O2S. The van der Waals surface area contributed by atoms with E-state index in [1.165, 1.54) is 11.8 Å². The SMILES string of the molecule is Cc1nc(SCCNC(=O)c2cccc3c2OCC3)n[nH]1. The molecule has 0 atom stereocenters. The van der Waals surface area contributed by atoms with Gasteiger partial charge in [0.15, 0.2) is 0 Å². The lowest BCUT2D eigenvalue weighted by atomic mass is 10.1. The van der Waals surface area contributed by atoms with E-state index in [1.54, 1.807) is 6.07 Å². The minimum atomic E-state index is -0.0967. The van der Waals surface area contributed by atoms with Gasteiger partial charge in [0, 0.05) is 18.7 Å². The predicted octanol–water partition coefficient (Wildman–Crippen LogP) is 1.57. The van der Waals surface area contributed by atoms with E-state index in [0.717, 1.165) is 29.3 Å². The average molecular weight is 304 g/mol. The Labute approximate surface area is 126 Å². The van der Waals surface area contributed by atoms with Gasteiger partial charge in [-0.1, -0.05) is 23.9 Å². The van der Waals surface area contributed by atoms with Crippen molar-refractivity contribution in [1.29, 1.82) is 0 Å². The van der Waals surface area contributed by atoms with Crippen molar-refractivity contribution >= 4 is 17.7 Å². The maximum atomic E-state index is 12.2. The van der Waals surface area contributed by atoms with Crippen molar-refractivity contribution in [3.05, 3.63) is 35.2 Å². The molecule has 21 heavy (non-hydrogen) atoms. The van der Waals surface area contributed by atoms with Gasteiger partial charge in [0.05, 0.1) is 12.2 Å². The second-order valence-electron chi connectivity index (χ2n) is 4.70. The van der Waals surface area contributed by atoms with Crippen molar-refractivity contribution in [1.82, 2.24) is 20.5 Å². The number of para-hydroxylation sites is 1. The van der Waals surface area contributed by atoms with E-state index in [4.69, 9.17) is 4.74 Å². The van der Waals surface area contributed by atoms with E-state index in [-0.39, 0.29) is 5.91 Å². The summed E-state index contributed by atoms with van der Waals surface area (Å²) < 4.78 is 5.54. The van der Waals surface area contributed by atoms with Gasteiger partial charge in [-0.15, -0.1) is 5.10 Å². The summed E-state index contributed by atoms with van der Waals surface area (Å²) in [5.41, 5.74) is 1.72. The second kappa shape index (κ2) is 6.17. The van der Waals surface area contributed by atoms with Crippen molar-refractivity contribution in [2.24, 2.45) is 0 Å². The molecule has 7 heteroatoms. The number of fused-ring (bicyclic) bond motifs is 1. The fourth-order valence-electron chi connectivity index (χ4n) is 2.18. The third-order valence-electron chi connectivity index (χ3n) is 3.15. The Balaban J connectivity index is 1.52. The van der Waals surface area contributed by atoms with Crippen LogP contribution in [0, 0.1) is 6.92 Å². The van der Waals surface area contributed by atoms with Crippen molar-refractivity contribution in [3.63, 3.8) is 0 Å². The Kier molecular flexibility index (Phi) is 4.10. The molecule has 0 saturated carbocycles. The lowest BCUT2D eigenvalue weighted by Gasteiger charge is -2.08. The maximum absolute atomic E-state index is 12.2. The van der Waals surface area contributed by atoms with E-state index < -0.39 is 0 Å². The summed E-state index contributed by atoms with van der Waals surface area (Å²) in [7, 11) is 0. The number of ether oxygens (including phenoxy) is 1. The number of thioether (sulfide) groups is 1. The summed E-state index contributed by atoms with van der Waals surface area (Å²) in [5.74, 6) is 2.14. The van der Waals surface area contributed by atoms with Crippen LogP contribution >= 0.6 is 11.8 Å². The van der Waals surface area contributed by atoms with E-state index in [0.29, 0.717) is 23.9 Å². The zero-order chi connectivity index (χ0) is 14.7. The summed E-state index contributed by atoms with van der Waals surface area (Å²) in [6.07, 6.45) is 0.872. The highest BCUT2D eigenvalue weighted by atomic mass is 32.2. The van der Waals surface area contributed by atoms with Crippen LogP contribution < -0.4 is 10.1 Å². The molecule has 6 nitrogen and oxygen atoms in total. The number of aromatic amines is 1. The molecule has 0 saturated heterocycles. The first-order chi connectivity index (χ1) is 10.2. The first kappa shape index (κ1) is 13.9. The number of aromatic nitrogens is 3. The van der Waals surface area contributed by atoms with E-state index in [1.807, 2.05) is 19.1 Å². The highest BCUT2D eigenvalue weighted by molar-refractivity contribution is 7.99. The monoisotopic (exact) mass is 304 g/mol. The molecule has 0 spiro atoms. The molecule has 3 rings (SSSR count). The van der Waals surface area contributed by atoms with Gasteiger partial charge in [-0.2, -0.15) is 0 Å². The summed E-state index contributed by atoms with van der Waals surface area (Å²) in [4.78, 5) is 16.4. The standard InChI is InChI=1S/C14H16N4O2S/c1-9-16-14(18-17-9)21-8-6-15-13(19)11-4-2-3-10-5-7-20-12(10)11/h2-4H,5-8H2,1H3,(H,15,19)(H,16,17,18). The number of carbonyl (C=O) groups is 1. The molecule has 0 radical (unpaired) electrons. The van der Waals surface area contributed by atoms with Crippen LogP contribution in [0.2, 0.25) is 0 Å². The molecule has 2 aromatic rings. The van der Waals surface area contributed by atoms with Gasteiger partial charge >= 0.3 is 0 Å². The number of carbonyl (C=O) groups excluding carboxylic acids is 1. The summed E-state index contributed by atoms with van der Waals surface area (Å²) in [5, 5.41) is 10.4. The first-order valence-electron chi connectivity index (χ1n) is 6.79. The molecule has 1 aliphatic heterocycles. The molecule has 1 aliphatic rings. The van der Waals surface area contributed by atoms with Gasteiger partial charge in [0.25, 0.3) is 5.91 Å². The van der Waals surface area contributed by atoms with Crippen molar-refractivity contribution in [3.8, 4) is 5.75 Å². The predicted molar refractivity (Wildman–Crippen MR) is 79.8 cm³/mol. The van der Waals surface area contributed by atoms with E-state index >= 15 is 0 Å². The molecule has 2 N–H and O–H groups in total. The largest absolute Gasteiger partial charge is 0.492 e. The third kappa shape index (κ3) is 3.18. The Morgan fingerprint density at radius 1 is 1.52 bits per heavy atom. The minimum Gasteiger partial charge on any atom is -0.492 e. The number of hydrogen-bond acceptors (Lipinski definition) is 5. The van der Waals surface area contributed by atoms with Gasteiger partial charge in [-0.3, -0.25) is 9.89 Å². The number of aryl methyl sites for hydroxylation is 1. The number of hydrogen-bond donors (Lipinski definition) is 2. The molecule has 0 aliphatic carbocycles. The van der Waals surface area contributed by atoms with Crippen molar-refractivity contribution in [2.45, 2.75) is 18.5 Å². The lowest BCUT2D eigenvalue weighted by Crippen LogP contribution is -2.26. The highest BCUT2D eigenvalue weighted by Crippen LogP contribution is 2.29. The zero-order valence-corrected chi connectivity index (χ0v) is 12.5. The van der Waals surface area contributed by atoms with Gasteiger partial charge in [0.2, 0.25) is 5.16 Å². The van der Waals surface area contributed by atoms with Crippen molar-refractivity contribution < 1.29 is 9.53 Å². The van der Waals surface area contributed by atoms with E-state index in [9.17, 15) is 4.79 Å². The molecule has 1 amide bonds. The topological polar surface area (TPSA) is 79.9 Å². The van der Waals surface area contributed by atoms with Crippen LogP contribution in [0.15, 0.2) is 23.4 Å². The third-order valence-corrected chi connectivity index (χ3v) is 4.00. The molecule has 110 valence electrons. The van der Waals surface area contributed by atoms with Crippen LogP contribution in [0.4, 0.5) is 0 Å². The molecule has 0 bridgehead atoms. The molecule has 1 aromatic heterocycles. The fraction of sp³-hybridized carbons (Fsp3) is 0.357. The normalized spacial score (nSPS) is 12.8. The first-order valence-corrected chi connectivity index (χ1v) is 7.77. The molecule has 0 fully saturated rings. The van der Waals surface area contributed by atoms with Crippen molar-refractivity contribution in [2.75, 3.05) is 18.9 Å². The quantitative estimate of drug-likeness (QED) is 0.647. The van der Waals surface area contributed by atoms with Crippen LogP contribution in [0.25, 0.3) is 0 Å². The zero-order valence-electron chi connectivity index (χ0n) is 11.7. The summed E-state index contributed by atoms with van der Waals surface area (Å²) >= 11 is 1.50. The molecule has 1 aromatic carbocycles. The van der Waals surface area contributed by atoms with Crippen LogP contribution in [0.5, 0.6) is 5.75 Å². The summed E-state index contributed by atoms with van der Waals surface area (Å²) in [6, 6.07) is 5.69. The number of amides is 1. The van der Waals surface area contributed by atoms with Gasteiger partial charge < -0.3 is 10.1 Å². The van der Waals surface area contributed by atoms with Crippen LogP contribution in [0.3, 0.4) is 0 Å². The van der Waals surface area contributed by atoms with E-state index in [2.05, 4.69) is 20.5 Å². The Bertz CT molecular complexity index is 656. The number of nitrogens with one attached hydrogen (secondary N) is 2. The van der Waals surface area contributed by atoms with Crippen LogP contribution in [0.1, 0.15) is 21.7 Å². The smallest absolute Gasteiger partial charge is 0.255 e. The van der Waals surface area contributed by atoms with Crippen LogP contribution in [-0.4, -0.2) is 40.0 Å². The molecule has 0 unspecified atom stereocenters. The number of benzene rings is 1. The Hall–Kier alpha value is -2.02. The fourth-order valence-corrected chi connectivity index (χ4v) is 2.88. The highest BCUT2D eigenvalue weighted by Gasteiger charge is 2.19. The molecular weight excluding hydrogens is 288 g/mol. The lowest BCUT2D eigenvalue weighted by molar-refractivity contribution is 0.0953. The van der Waals surface area contributed by atoms with Crippen LogP contribution in [-0.2, 0) is 6.42 Å². The maximum Gasteiger partial charge on any atom is 0.255 e. The Morgan fingerprint density at radius 2 is 2.43 bits per heavy atom. The second-order valence-corrected chi connectivity index (χ2v) is 5.76. The van der Waals surface area contributed by atoms with Gasteiger partial charge in [-0.05, 0) is 18.6 Å². The summed E-state index contributed by atoms with van der Waals surface area (Å²) in [6.45, 7) is 3.06. The van der Waals surface area contributed by atoms with Gasteiger partial charge in [-0.25, -0.2) is 4.98 Å². The minimum absolute atomic E-state index is 0.0967. The molecule has 2 heterocycles.